The summed E-state index contributed by atoms with van der Waals surface area (Å²) in [7, 11) is 4.95. The third-order valence-corrected chi connectivity index (χ3v) is 4.61. The number of alkyl halides is 1. The Balaban J connectivity index is 2.22. The van der Waals surface area contributed by atoms with Crippen LogP contribution < -0.4 is 9.47 Å². The molecule has 0 aromatic heterocycles. The molecule has 1 saturated carbocycles. The Hall–Kier alpha value is -1.42. The second-order valence-electron chi connectivity index (χ2n) is 5.35. The quantitative estimate of drug-likeness (QED) is 0.801. The number of methoxy groups -OCH3 is 2. The van der Waals surface area contributed by atoms with Gasteiger partial charge in [-0.15, -0.1) is 11.6 Å². The van der Waals surface area contributed by atoms with Crippen LogP contribution in [-0.4, -0.2) is 43.5 Å². The summed E-state index contributed by atoms with van der Waals surface area (Å²) in [5, 5.41) is 0.0249. The van der Waals surface area contributed by atoms with Crippen molar-refractivity contribution in [2.75, 3.05) is 21.3 Å². The number of carbonyl (C=O) groups excluding carboxylic acids is 1. The first-order valence-electron chi connectivity index (χ1n) is 7.21. The van der Waals surface area contributed by atoms with Crippen LogP contribution in [0.15, 0.2) is 18.2 Å². The molecule has 2 rings (SSSR count). The molecule has 1 aromatic rings. The molecule has 1 aliphatic carbocycles. The van der Waals surface area contributed by atoms with E-state index in [1.165, 1.54) is 0 Å². The van der Waals surface area contributed by atoms with Gasteiger partial charge in [0.2, 0.25) is 0 Å². The molecule has 116 valence electrons. The van der Waals surface area contributed by atoms with Gasteiger partial charge < -0.3 is 14.4 Å². The Bertz CT molecular complexity index is 506. The minimum atomic E-state index is -0.0629. The first-order chi connectivity index (χ1) is 10.1. The van der Waals surface area contributed by atoms with Crippen LogP contribution in [0.5, 0.6) is 11.5 Å². The molecule has 5 heteroatoms. The molecule has 4 nitrogen and oxygen atoms in total. The Kier molecular flexibility index (Phi) is 5.34. The molecule has 21 heavy (non-hydrogen) atoms. The van der Waals surface area contributed by atoms with E-state index in [2.05, 4.69) is 0 Å². The van der Waals surface area contributed by atoms with Crippen molar-refractivity contribution >= 4 is 17.5 Å². The number of carbonyl (C=O) groups is 1. The Morgan fingerprint density at radius 3 is 2.57 bits per heavy atom. The second-order valence-corrected chi connectivity index (χ2v) is 5.91. The number of rotatable bonds is 4. The van der Waals surface area contributed by atoms with Crippen molar-refractivity contribution in [1.29, 1.82) is 0 Å². The zero-order valence-corrected chi connectivity index (χ0v) is 13.5. The van der Waals surface area contributed by atoms with E-state index >= 15 is 0 Å². The number of hydrogen-bond acceptors (Lipinski definition) is 3. The van der Waals surface area contributed by atoms with Gasteiger partial charge in [-0.05, 0) is 25.0 Å². The summed E-state index contributed by atoms with van der Waals surface area (Å²) in [4.78, 5) is 14.5. The van der Waals surface area contributed by atoms with Crippen LogP contribution in [0.4, 0.5) is 0 Å². The number of hydrogen-bond donors (Lipinski definition) is 0. The molecule has 0 bridgehead atoms. The fourth-order valence-corrected chi connectivity index (χ4v) is 3.27. The summed E-state index contributed by atoms with van der Waals surface area (Å²) in [5.74, 6) is 1.12. The largest absolute Gasteiger partial charge is 0.497 e. The average Bonchev–Trinajstić information content (AvgIpc) is 2.53. The van der Waals surface area contributed by atoms with Crippen molar-refractivity contribution in [3.8, 4) is 11.5 Å². The molecule has 2 unspecified atom stereocenters. The summed E-state index contributed by atoms with van der Waals surface area (Å²) in [6.07, 6.45) is 4.17. The molecule has 0 spiro atoms. The van der Waals surface area contributed by atoms with Crippen LogP contribution in [0.1, 0.15) is 36.0 Å². The highest BCUT2D eigenvalue weighted by molar-refractivity contribution is 6.21. The topological polar surface area (TPSA) is 38.8 Å². The normalized spacial score (nSPS) is 21.7. The predicted octanol–water partition coefficient (Wildman–Crippen LogP) is 3.33. The zero-order valence-electron chi connectivity index (χ0n) is 12.8. The van der Waals surface area contributed by atoms with E-state index in [9.17, 15) is 4.79 Å². The third-order valence-electron chi connectivity index (χ3n) is 4.10. The van der Waals surface area contributed by atoms with Gasteiger partial charge in [0.25, 0.3) is 5.91 Å². The van der Waals surface area contributed by atoms with Crippen LogP contribution in [0.2, 0.25) is 0 Å². The van der Waals surface area contributed by atoms with E-state index in [0.717, 1.165) is 25.7 Å². The lowest BCUT2D eigenvalue weighted by atomic mass is 9.93. The van der Waals surface area contributed by atoms with E-state index in [4.69, 9.17) is 21.1 Å². The molecular weight excluding hydrogens is 290 g/mol. The fourth-order valence-electron chi connectivity index (χ4n) is 2.82. The van der Waals surface area contributed by atoms with Gasteiger partial charge in [-0.1, -0.05) is 12.8 Å². The van der Waals surface area contributed by atoms with Crippen LogP contribution >= 0.6 is 11.6 Å². The van der Waals surface area contributed by atoms with Crippen molar-refractivity contribution in [3.63, 3.8) is 0 Å². The van der Waals surface area contributed by atoms with Gasteiger partial charge in [0.05, 0.1) is 25.2 Å². The van der Waals surface area contributed by atoms with E-state index in [1.54, 1.807) is 37.3 Å². The van der Waals surface area contributed by atoms with E-state index < -0.39 is 0 Å². The first-order valence-corrected chi connectivity index (χ1v) is 7.65. The first kappa shape index (κ1) is 16.0. The molecule has 0 saturated heterocycles. The highest BCUT2D eigenvalue weighted by Gasteiger charge is 2.30. The maximum absolute atomic E-state index is 12.7. The lowest BCUT2D eigenvalue weighted by Crippen LogP contribution is -2.44. The number of nitrogens with zero attached hydrogens (tertiary/aromatic N) is 1. The molecule has 2 atom stereocenters. The molecule has 1 amide bonds. The molecule has 1 aliphatic rings. The van der Waals surface area contributed by atoms with E-state index in [0.29, 0.717) is 17.1 Å². The molecule has 0 N–H and O–H groups in total. The summed E-state index contributed by atoms with van der Waals surface area (Å²) < 4.78 is 10.5. The maximum Gasteiger partial charge on any atom is 0.257 e. The Morgan fingerprint density at radius 2 is 1.95 bits per heavy atom. The number of halogens is 1. The second kappa shape index (κ2) is 7.03. The monoisotopic (exact) mass is 311 g/mol. The maximum atomic E-state index is 12.7. The van der Waals surface area contributed by atoms with Gasteiger partial charge in [0.1, 0.15) is 11.5 Å². The lowest BCUT2D eigenvalue weighted by Gasteiger charge is -2.35. The summed E-state index contributed by atoms with van der Waals surface area (Å²) in [6.45, 7) is 0. The number of amides is 1. The highest BCUT2D eigenvalue weighted by Crippen LogP contribution is 2.30. The molecule has 1 aromatic carbocycles. The Morgan fingerprint density at radius 1 is 1.24 bits per heavy atom. The average molecular weight is 312 g/mol. The van der Waals surface area contributed by atoms with Gasteiger partial charge in [0.15, 0.2) is 0 Å². The van der Waals surface area contributed by atoms with Crippen LogP contribution in [0.3, 0.4) is 0 Å². The molecule has 1 fully saturated rings. The molecular formula is C16H22ClNO3. The van der Waals surface area contributed by atoms with E-state index in [-0.39, 0.29) is 17.3 Å². The summed E-state index contributed by atoms with van der Waals surface area (Å²) >= 11 is 6.39. The van der Waals surface area contributed by atoms with Gasteiger partial charge in [-0.25, -0.2) is 0 Å². The molecule has 0 heterocycles. The molecule has 0 radical (unpaired) electrons. The van der Waals surface area contributed by atoms with Gasteiger partial charge in [-0.3, -0.25) is 4.79 Å². The van der Waals surface area contributed by atoms with Gasteiger partial charge in [-0.2, -0.15) is 0 Å². The van der Waals surface area contributed by atoms with Crippen molar-refractivity contribution in [1.82, 2.24) is 4.90 Å². The highest BCUT2D eigenvalue weighted by atomic mass is 35.5. The minimum Gasteiger partial charge on any atom is -0.497 e. The summed E-state index contributed by atoms with van der Waals surface area (Å²) in [5.41, 5.74) is 0.537. The third kappa shape index (κ3) is 3.43. The van der Waals surface area contributed by atoms with Crippen LogP contribution in [0.25, 0.3) is 0 Å². The van der Waals surface area contributed by atoms with Crippen molar-refractivity contribution < 1.29 is 14.3 Å². The van der Waals surface area contributed by atoms with E-state index in [1.807, 2.05) is 7.05 Å². The fraction of sp³-hybridized carbons (Fsp3) is 0.562. The summed E-state index contributed by atoms with van der Waals surface area (Å²) in [6, 6.07) is 5.31. The number of benzene rings is 1. The number of ether oxygens (including phenoxy) is 2. The van der Waals surface area contributed by atoms with Crippen molar-refractivity contribution in [3.05, 3.63) is 23.8 Å². The lowest BCUT2D eigenvalue weighted by molar-refractivity contribution is 0.0697. The molecule has 0 aliphatic heterocycles. The van der Waals surface area contributed by atoms with Gasteiger partial charge in [0, 0.05) is 19.2 Å². The van der Waals surface area contributed by atoms with Crippen LogP contribution in [-0.2, 0) is 0 Å². The minimum absolute atomic E-state index is 0.0249. The SMILES string of the molecule is COc1ccc(C(=O)N(C)C2CCCCC2Cl)c(OC)c1. The van der Waals surface area contributed by atoms with Crippen molar-refractivity contribution in [2.45, 2.75) is 37.1 Å². The predicted molar refractivity (Wildman–Crippen MR) is 83.5 cm³/mol. The Labute approximate surface area is 131 Å². The van der Waals surface area contributed by atoms with Crippen LogP contribution in [0, 0.1) is 0 Å². The van der Waals surface area contributed by atoms with Crippen molar-refractivity contribution in [2.24, 2.45) is 0 Å². The zero-order chi connectivity index (χ0) is 15.4. The smallest absolute Gasteiger partial charge is 0.257 e. The standard InChI is InChI=1S/C16H22ClNO3/c1-18(14-7-5-4-6-13(14)17)16(19)12-9-8-11(20-2)10-15(12)21-3/h8-10,13-14H,4-7H2,1-3H3. The van der Waals surface area contributed by atoms with Gasteiger partial charge >= 0.3 is 0 Å².